The topological polar surface area (TPSA) is 21.3 Å². The molecule has 0 saturated heterocycles. The third-order valence-corrected chi connectivity index (χ3v) is 2.11. The average Bonchev–Trinajstić information content (AvgIpc) is 1.96. The Morgan fingerprint density at radius 3 is 2.08 bits per heavy atom. The van der Waals surface area contributed by atoms with Crippen LogP contribution < -0.4 is 5.32 Å². The minimum absolute atomic E-state index is 0.207. The first-order chi connectivity index (χ1) is 5.43. The van der Waals surface area contributed by atoms with Crippen LogP contribution in [0, 0.1) is 5.41 Å². The Kier molecular flexibility index (Phi) is 4.80. The lowest BCUT2D eigenvalue weighted by Crippen LogP contribution is -2.45. The Morgan fingerprint density at radius 1 is 1.33 bits per heavy atom. The fraction of sp³-hybridized carbons (Fsp3) is 1.00. The molecule has 12 heavy (non-hydrogen) atoms. The molecule has 0 rings (SSSR count). The summed E-state index contributed by atoms with van der Waals surface area (Å²) in [6.07, 6.45) is 0.285. The molecule has 0 aromatic carbocycles. The third kappa shape index (κ3) is 3.55. The van der Waals surface area contributed by atoms with Gasteiger partial charge in [-0.2, -0.15) is 0 Å². The van der Waals surface area contributed by atoms with Gasteiger partial charge in [-0.3, -0.25) is 0 Å². The summed E-state index contributed by atoms with van der Waals surface area (Å²) >= 11 is 0. The number of hydrogen-bond acceptors (Lipinski definition) is 2. The highest BCUT2D eigenvalue weighted by atomic mass is 16.5. The number of rotatable bonds is 4. The molecule has 0 bridgehead atoms. The molecule has 0 heterocycles. The van der Waals surface area contributed by atoms with Gasteiger partial charge in [-0.25, -0.2) is 0 Å². The lowest BCUT2D eigenvalue weighted by molar-refractivity contribution is -0.0302. The van der Waals surface area contributed by atoms with Gasteiger partial charge in [0.15, 0.2) is 0 Å². The molecule has 2 unspecified atom stereocenters. The van der Waals surface area contributed by atoms with Crippen molar-refractivity contribution in [3.63, 3.8) is 0 Å². The maximum atomic E-state index is 5.70. The molecule has 2 atom stereocenters. The molecular weight excluding hydrogens is 150 g/mol. The summed E-state index contributed by atoms with van der Waals surface area (Å²) in [5.74, 6) is 0. The summed E-state index contributed by atoms with van der Waals surface area (Å²) in [5, 5.41) is 3.23. The van der Waals surface area contributed by atoms with Crippen molar-refractivity contribution in [1.82, 2.24) is 5.32 Å². The second-order valence-corrected chi connectivity index (χ2v) is 4.32. The molecule has 0 aliphatic carbocycles. The van der Waals surface area contributed by atoms with E-state index in [9.17, 15) is 0 Å². The van der Waals surface area contributed by atoms with E-state index >= 15 is 0 Å². The molecule has 0 aromatic heterocycles. The van der Waals surface area contributed by atoms with Crippen molar-refractivity contribution >= 4 is 0 Å². The second-order valence-electron chi connectivity index (χ2n) is 4.32. The molecule has 0 amide bonds. The fourth-order valence-electron chi connectivity index (χ4n) is 1.48. The predicted octanol–water partition coefficient (Wildman–Crippen LogP) is 2.05. The average molecular weight is 173 g/mol. The van der Waals surface area contributed by atoms with Gasteiger partial charge >= 0.3 is 0 Å². The van der Waals surface area contributed by atoms with Crippen LogP contribution in [-0.2, 0) is 4.74 Å². The lowest BCUT2D eigenvalue weighted by Gasteiger charge is -2.34. The first-order valence-corrected chi connectivity index (χ1v) is 4.72. The van der Waals surface area contributed by atoms with Gasteiger partial charge in [-0.15, -0.1) is 0 Å². The van der Waals surface area contributed by atoms with Crippen molar-refractivity contribution in [3.05, 3.63) is 0 Å². The van der Waals surface area contributed by atoms with Gasteiger partial charge in [0.05, 0.1) is 6.10 Å². The van der Waals surface area contributed by atoms with Gasteiger partial charge in [0.1, 0.15) is 0 Å². The molecule has 0 saturated carbocycles. The molecule has 2 nitrogen and oxygen atoms in total. The maximum absolute atomic E-state index is 5.70. The zero-order valence-corrected chi connectivity index (χ0v) is 9.27. The number of ether oxygens (including phenoxy) is 1. The highest BCUT2D eigenvalue weighted by Crippen LogP contribution is 2.24. The van der Waals surface area contributed by atoms with Gasteiger partial charge in [0, 0.05) is 12.6 Å². The summed E-state index contributed by atoms with van der Waals surface area (Å²) in [7, 11) is 1.97. The quantitative estimate of drug-likeness (QED) is 0.702. The van der Waals surface area contributed by atoms with E-state index in [1.54, 1.807) is 0 Å². The van der Waals surface area contributed by atoms with Crippen LogP contribution >= 0.6 is 0 Å². The van der Waals surface area contributed by atoms with E-state index in [-0.39, 0.29) is 11.5 Å². The Hall–Kier alpha value is -0.0800. The first-order valence-electron chi connectivity index (χ1n) is 4.72. The Balaban J connectivity index is 4.22. The number of hydrogen-bond donors (Lipinski definition) is 1. The van der Waals surface area contributed by atoms with E-state index in [4.69, 9.17) is 4.74 Å². The van der Waals surface area contributed by atoms with Crippen molar-refractivity contribution in [2.24, 2.45) is 5.41 Å². The Bertz CT molecular complexity index is 117. The third-order valence-electron chi connectivity index (χ3n) is 2.11. The van der Waals surface area contributed by atoms with Gasteiger partial charge < -0.3 is 10.1 Å². The van der Waals surface area contributed by atoms with Crippen LogP contribution in [0.3, 0.4) is 0 Å². The molecular formula is C10H23NO. The summed E-state index contributed by atoms with van der Waals surface area (Å²) in [4.78, 5) is 0. The normalized spacial score (nSPS) is 17.5. The highest BCUT2D eigenvalue weighted by molar-refractivity contribution is 4.82. The van der Waals surface area contributed by atoms with Crippen LogP contribution in [0.25, 0.3) is 0 Å². The predicted molar refractivity (Wildman–Crippen MR) is 53.4 cm³/mol. The zero-order valence-electron chi connectivity index (χ0n) is 9.27. The van der Waals surface area contributed by atoms with Crippen LogP contribution in [0.5, 0.6) is 0 Å². The summed E-state index contributed by atoms with van der Waals surface area (Å²) < 4.78 is 5.70. The van der Waals surface area contributed by atoms with Crippen LogP contribution in [0.1, 0.15) is 34.6 Å². The van der Waals surface area contributed by atoms with E-state index in [0.29, 0.717) is 6.04 Å². The van der Waals surface area contributed by atoms with Gasteiger partial charge in [0.2, 0.25) is 0 Å². The molecule has 0 aliphatic rings. The van der Waals surface area contributed by atoms with Gasteiger partial charge in [-0.05, 0) is 26.3 Å². The molecule has 0 aromatic rings. The second kappa shape index (κ2) is 4.83. The van der Waals surface area contributed by atoms with E-state index < -0.39 is 0 Å². The Labute approximate surface area is 76.7 Å². The SMILES string of the molecule is CCOC(C(C)NC)C(C)(C)C. The van der Waals surface area contributed by atoms with Crippen LogP contribution in [0.15, 0.2) is 0 Å². The van der Waals surface area contributed by atoms with Crippen molar-refractivity contribution in [2.45, 2.75) is 46.8 Å². The van der Waals surface area contributed by atoms with Crippen molar-refractivity contribution in [3.8, 4) is 0 Å². The highest BCUT2D eigenvalue weighted by Gasteiger charge is 2.29. The molecule has 74 valence electrons. The van der Waals surface area contributed by atoms with Crippen molar-refractivity contribution < 1.29 is 4.74 Å². The maximum Gasteiger partial charge on any atom is 0.0773 e. The van der Waals surface area contributed by atoms with E-state index in [1.165, 1.54) is 0 Å². The van der Waals surface area contributed by atoms with Gasteiger partial charge in [-0.1, -0.05) is 20.8 Å². The van der Waals surface area contributed by atoms with E-state index in [0.717, 1.165) is 6.61 Å². The first kappa shape index (κ1) is 11.9. The summed E-state index contributed by atoms with van der Waals surface area (Å²) in [6.45, 7) is 11.6. The van der Waals surface area contributed by atoms with Crippen molar-refractivity contribution in [1.29, 1.82) is 0 Å². The zero-order chi connectivity index (χ0) is 9.78. The fourth-order valence-corrected chi connectivity index (χ4v) is 1.48. The monoisotopic (exact) mass is 173 g/mol. The van der Waals surface area contributed by atoms with Gasteiger partial charge in [0.25, 0.3) is 0 Å². The van der Waals surface area contributed by atoms with E-state index in [2.05, 4.69) is 33.0 Å². The summed E-state index contributed by atoms with van der Waals surface area (Å²) in [6, 6.07) is 0.407. The van der Waals surface area contributed by atoms with Crippen molar-refractivity contribution in [2.75, 3.05) is 13.7 Å². The molecule has 0 spiro atoms. The molecule has 0 fully saturated rings. The standard InChI is InChI=1S/C10H23NO/c1-7-12-9(8(2)11-6)10(3,4)5/h8-9,11H,7H2,1-6H3. The number of nitrogens with one attached hydrogen (secondary N) is 1. The number of likely N-dealkylation sites (N-methyl/N-ethyl adjacent to an activating group) is 1. The van der Waals surface area contributed by atoms with Crippen LogP contribution in [0.4, 0.5) is 0 Å². The smallest absolute Gasteiger partial charge is 0.0773 e. The molecule has 1 N–H and O–H groups in total. The summed E-state index contributed by atoms with van der Waals surface area (Å²) in [5.41, 5.74) is 0.207. The largest absolute Gasteiger partial charge is 0.376 e. The van der Waals surface area contributed by atoms with Crippen LogP contribution in [0.2, 0.25) is 0 Å². The molecule has 0 aliphatic heterocycles. The Morgan fingerprint density at radius 2 is 1.83 bits per heavy atom. The molecule has 2 heteroatoms. The lowest BCUT2D eigenvalue weighted by atomic mass is 9.85. The minimum Gasteiger partial charge on any atom is -0.376 e. The molecule has 0 radical (unpaired) electrons. The van der Waals surface area contributed by atoms with E-state index in [1.807, 2.05) is 14.0 Å². The van der Waals surface area contributed by atoms with Crippen LogP contribution in [-0.4, -0.2) is 25.8 Å². The minimum atomic E-state index is 0.207.